The lowest BCUT2D eigenvalue weighted by Gasteiger charge is -2.30. The van der Waals surface area contributed by atoms with Crippen molar-refractivity contribution in [3.8, 4) is 11.5 Å². The van der Waals surface area contributed by atoms with E-state index >= 15 is 0 Å². The van der Waals surface area contributed by atoms with Crippen LogP contribution in [0.15, 0.2) is 24.4 Å². The number of carbonyl (C=O) groups excluding carboxylic acids is 1. The van der Waals surface area contributed by atoms with Crippen LogP contribution in [0.25, 0.3) is 0 Å². The molecule has 1 heterocycles. The Hall–Kier alpha value is -2.54. The van der Waals surface area contributed by atoms with Crippen LogP contribution in [0.1, 0.15) is 16.9 Å². The van der Waals surface area contributed by atoms with E-state index in [0.29, 0.717) is 17.1 Å². The molecule has 1 aromatic carbocycles. The van der Waals surface area contributed by atoms with Gasteiger partial charge in [-0.15, -0.1) is 0 Å². The molecular weight excluding hydrogens is 442 g/mol. The van der Waals surface area contributed by atoms with Crippen LogP contribution in [0.4, 0.5) is 31.5 Å². The highest BCUT2D eigenvalue weighted by atomic mass is 32.1. The van der Waals surface area contributed by atoms with Gasteiger partial charge < -0.3 is 19.9 Å². The average molecular weight is 458 g/mol. The van der Waals surface area contributed by atoms with Gasteiger partial charge in [-0.3, -0.25) is 4.79 Å². The van der Waals surface area contributed by atoms with Gasteiger partial charge in [-0.1, -0.05) is 11.3 Å². The largest absolute Gasteiger partial charge is 0.497 e. The first-order valence-electron chi connectivity index (χ1n) is 8.16. The molecule has 2 rings (SSSR count). The van der Waals surface area contributed by atoms with Gasteiger partial charge in [0.15, 0.2) is 5.13 Å². The Kier molecular flexibility index (Phi) is 6.87. The van der Waals surface area contributed by atoms with Crippen molar-refractivity contribution in [2.75, 3.05) is 19.5 Å². The monoisotopic (exact) mass is 458 g/mol. The van der Waals surface area contributed by atoms with Gasteiger partial charge in [0.2, 0.25) is 5.91 Å². The standard InChI is InChI=1S/C17H16F6N2O4S/c1-28-10-4-5-11(29-2)9(7-10)3-6-13(26)25-14-24-8-12(30-14)15(27,16(18,19)20)17(21,22)23/h4-5,7-8,27H,3,6H2,1-2H3,(H,24,25,26). The number of ether oxygens (including phenoxy) is 2. The van der Waals surface area contributed by atoms with Crippen molar-refractivity contribution in [2.45, 2.75) is 30.8 Å². The fourth-order valence-corrected chi connectivity index (χ4v) is 3.41. The Morgan fingerprint density at radius 2 is 1.77 bits per heavy atom. The van der Waals surface area contributed by atoms with Gasteiger partial charge >= 0.3 is 12.4 Å². The van der Waals surface area contributed by atoms with E-state index in [-0.39, 0.29) is 30.4 Å². The van der Waals surface area contributed by atoms with Gasteiger partial charge in [0, 0.05) is 12.6 Å². The van der Waals surface area contributed by atoms with Crippen molar-refractivity contribution in [3.63, 3.8) is 0 Å². The number of nitrogens with zero attached hydrogens (tertiary/aromatic N) is 1. The molecule has 0 atom stereocenters. The highest BCUT2D eigenvalue weighted by molar-refractivity contribution is 7.15. The number of nitrogens with one attached hydrogen (secondary N) is 1. The number of rotatable bonds is 7. The zero-order chi connectivity index (χ0) is 22.7. The summed E-state index contributed by atoms with van der Waals surface area (Å²) in [5.74, 6) is 0.276. The number of methoxy groups -OCH3 is 2. The molecule has 13 heteroatoms. The van der Waals surface area contributed by atoms with E-state index in [4.69, 9.17) is 9.47 Å². The number of alkyl halides is 6. The van der Waals surface area contributed by atoms with Crippen LogP contribution in [0, 0.1) is 0 Å². The molecule has 0 aliphatic heterocycles. The molecule has 0 spiro atoms. The molecule has 0 aliphatic carbocycles. The molecule has 0 saturated heterocycles. The number of halogens is 6. The van der Waals surface area contributed by atoms with E-state index in [2.05, 4.69) is 10.3 Å². The molecule has 6 nitrogen and oxygen atoms in total. The minimum Gasteiger partial charge on any atom is -0.497 e. The van der Waals surface area contributed by atoms with Crippen LogP contribution in [0.2, 0.25) is 0 Å². The summed E-state index contributed by atoms with van der Waals surface area (Å²) in [6, 6.07) is 4.89. The zero-order valence-corrected chi connectivity index (χ0v) is 16.3. The number of hydrogen-bond donors (Lipinski definition) is 2. The van der Waals surface area contributed by atoms with Gasteiger partial charge in [0.1, 0.15) is 11.5 Å². The molecule has 0 saturated carbocycles. The third-order valence-electron chi connectivity index (χ3n) is 4.04. The van der Waals surface area contributed by atoms with Gasteiger partial charge in [0.05, 0.1) is 19.1 Å². The van der Waals surface area contributed by atoms with Crippen LogP contribution < -0.4 is 14.8 Å². The zero-order valence-electron chi connectivity index (χ0n) is 15.5. The summed E-state index contributed by atoms with van der Waals surface area (Å²) in [6.45, 7) is 0. The quantitative estimate of drug-likeness (QED) is 0.613. The molecule has 0 bridgehead atoms. The molecule has 0 radical (unpaired) electrons. The number of aliphatic hydroxyl groups is 1. The van der Waals surface area contributed by atoms with E-state index in [1.165, 1.54) is 14.2 Å². The fraction of sp³-hybridized carbons (Fsp3) is 0.412. The Labute approximate surface area is 170 Å². The number of thiazole rings is 1. The number of carbonyl (C=O) groups is 1. The summed E-state index contributed by atoms with van der Waals surface area (Å²) < 4.78 is 87.6. The first-order chi connectivity index (χ1) is 13.8. The lowest BCUT2D eigenvalue weighted by Crippen LogP contribution is -2.53. The van der Waals surface area contributed by atoms with Gasteiger partial charge in [-0.2, -0.15) is 26.3 Å². The Morgan fingerprint density at radius 1 is 1.13 bits per heavy atom. The molecule has 0 unspecified atom stereocenters. The summed E-state index contributed by atoms with van der Waals surface area (Å²) in [4.78, 5) is 13.9. The Balaban J connectivity index is 2.12. The van der Waals surface area contributed by atoms with Crippen LogP contribution in [0.3, 0.4) is 0 Å². The molecule has 2 N–H and O–H groups in total. The maximum atomic E-state index is 12.9. The Morgan fingerprint density at radius 3 is 2.30 bits per heavy atom. The van der Waals surface area contributed by atoms with Crippen molar-refractivity contribution in [1.29, 1.82) is 0 Å². The maximum Gasteiger partial charge on any atom is 0.431 e. The molecule has 2 aromatic rings. The predicted octanol–water partition coefficient (Wildman–Crippen LogP) is 4.04. The lowest BCUT2D eigenvalue weighted by atomic mass is 10.0. The third-order valence-corrected chi connectivity index (χ3v) is 5.06. The number of hydrogen-bond acceptors (Lipinski definition) is 6. The number of amides is 1. The first kappa shape index (κ1) is 23.7. The van der Waals surface area contributed by atoms with E-state index in [0.717, 1.165) is 0 Å². The van der Waals surface area contributed by atoms with Crippen LogP contribution in [-0.2, 0) is 16.8 Å². The first-order valence-corrected chi connectivity index (χ1v) is 8.98. The highest BCUT2D eigenvalue weighted by Gasteiger charge is 2.72. The molecule has 30 heavy (non-hydrogen) atoms. The fourth-order valence-electron chi connectivity index (χ4n) is 2.45. The lowest BCUT2D eigenvalue weighted by molar-refractivity contribution is -0.375. The summed E-state index contributed by atoms with van der Waals surface area (Å²) in [5.41, 5.74) is -4.48. The van der Waals surface area contributed by atoms with Gasteiger partial charge in [-0.25, -0.2) is 4.98 Å². The minimum atomic E-state index is -6.03. The van der Waals surface area contributed by atoms with Crippen molar-refractivity contribution >= 4 is 22.4 Å². The van der Waals surface area contributed by atoms with Crippen LogP contribution in [-0.4, -0.2) is 42.6 Å². The van der Waals surface area contributed by atoms with Crippen LogP contribution in [0.5, 0.6) is 11.5 Å². The smallest absolute Gasteiger partial charge is 0.431 e. The molecule has 0 aliphatic rings. The topological polar surface area (TPSA) is 80.7 Å². The maximum absolute atomic E-state index is 12.9. The van der Waals surface area contributed by atoms with E-state index in [1.807, 2.05) is 0 Å². The van der Waals surface area contributed by atoms with Crippen molar-refractivity contribution in [3.05, 3.63) is 34.8 Å². The van der Waals surface area contributed by atoms with Crippen molar-refractivity contribution in [2.24, 2.45) is 0 Å². The second-order valence-electron chi connectivity index (χ2n) is 5.96. The number of benzene rings is 1. The summed E-state index contributed by atoms with van der Waals surface area (Å²) >= 11 is -0.120. The Bertz CT molecular complexity index is 883. The average Bonchev–Trinajstić information content (AvgIpc) is 3.12. The molecule has 166 valence electrons. The van der Waals surface area contributed by atoms with Crippen LogP contribution >= 0.6 is 11.3 Å². The summed E-state index contributed by atoms with van der Waals surface area (Å²) in [5, 5.41) is 11.0. The number of anilines is 1. The second kappa shape index (κ2) is 8.68. The second-order valence-corrected chi connectivity index (χ2v) is 6.99. The minimum absolute atomic E-state index is 0.120. The van der Waals surface area contributed by atoms with E-state index in [1.54, 1.807) is 18.2 Å². The van der Waals surface area contributed by atoms with E-state index in [9.17, 15) is 36.2 Å². The summed E-state index contributed by atoms with van der Waals surface area (Å²) in [7, 11) is 2.87. The van der Waals surface area contributed by atoms with Crippen molar-refractivity contribution in [1.82, 2.24) is 4.98 Å². The highest BCUT2D eigenvalue weighted by Crippen LogP contribution is 2.51. The molecule has 1 amide bonds. The van der Waals surface area contributed by atoms with E-state index < -0.39 is 33.9 Å². The van der Waals surface area contributed by atoms with Gasteiger partial charge in [-0.05, 0) is 30.2 Å². The molecule has 1 aromatic heterocycles. The predicted molar refractivity (Wildman–Crippen MR) is 94.6 cm³/mol. The SMILES string of the molecule is COc1ccc(OC)c(CCC(=O)Nc2ncc(C(O)(C(F)(F)F)C(F)(F)F)s2)c1. The number of aromatic nitrogens is 1. The third kappa shape index (κ3) is 4.78. The van der Waals surface area contributed by atoms with Gasteiger partial charge in [0.25, 0.3) is 5.60 Å². The molecular formula is C17H16F6N2O4S. The molecule has 0 fully saturated rings. The number of aryl methyl sites for hydroxylation is 1. The van der Waals surface area contributed by atoms with Crippen molar-refractivity contribution < 1.29 is 45.7 Å². The normalized spacial score (nSPS) is 12.6. The summed E-state index contributed by atoms with van der Waals surface area (Å²) in [6.07, 6.45) is -11.8.